The number of carbonyl (C=O) groups is 1. The third kappa shape index (κ3) is 4.18. The quantitative estimate of drug-likeness (QED) is 0.846. The first kappa shape index (κ1) is 17.4. The molecule has 1 atom stereocenters. The average molecular weight is 362 g/mol. The van der Waals surface area contributed by atoms with Gasteiger partial charge in [0.1, 0.15) is 6.33 Å². The SMILES string of the molecule is CS(=O)(=O)N1CCC(Cc2cc(-c3cncc(C(=O)O)c3)ncn2)C1. The van der Waals surface area contributed by atoms with Gasteiger partial charge in [0, 0.05) is 36.7 Å². The fourth-order valence-corrected chi connectivity index (χ4v) is 3.84. The van der Waals surface area contributed by atoms with E-state index in [1.54, 1.807) is 12.3 Å². The Hall–Kier alpha value is -2.39. The summed E-state index contributed by atoms with van der Waals surface area (Å²) in [7, 11) is -3.16. The first-order valence-electron chi connectivity index (χ1n) is 7.77. The molecule has 1 fully saturated rings. The Labute approximate surface area is 145 Å². The van der Waals surface area contributed by atoms with E-state index >= 15 is 0 Å². The second-order valence-electron chi connectivity index (χ2n) is 6.14. The van der Waals surface area contributed by atoms with E-state index in [1.165, 1.54) is 29.2 Å². The summed E-state index contributed by atoms with van der Waals surface area (Å²) in [5, 5.41) is 9.06. The van der Waals surface area contributed by atoms with Gasteiger partial charge in [-0.15, -0.1) is 0 Å². The lowest BCUT2D eigenvalue weighted by atomic mass is 10.0. The van der Waals surface area contributed by atoms with Crippen molar-refractivity contribution in [1.29, 1.82) is 0 Å². The van der Waals surface area contributed by atoms with Crippen LogP contribution < -0.4 is 0 Å². The highest BCUT2D eigenvalue weighted by Crippen LogP contribution is 2.24. The number of carboxylic acids is 1. The maximum absolute atomic E-state index is 11.6. The summed E-state index contributed by atoms with van der Waals surface area (Å²) in [6.45, 7) is 1.03. The summed E-state index contributed by atoms with van der Waals surface area (Å²) >= 11 is 0. The molecule has 132 valence electrons. The summed E-state index contributed by atoms with van der Waals surface area (Å²) in [6.07, 6.45) is 6.93. The summed E-state index contributed by atoms with van der Waals surface area (Å²) < 4.78 is 24.7. The van der Waals surface area contributed by atoms with Gasteiger partial charge in [-0.3, -0.25) is 4.98 Å². The average Bonchev–Trinajstić information content (AvgIpc) is 3.04. The van der Waals surface area contributed by atoms with Crippen LogP contribution in [0.2, 0.25) is 0 Å². The zero-order valence-corrected chi connectivity index (χ0v) is 14.5. The molecular weight excluding hydrogens is 344 g/mol. The molecule has 1 N–H and O–H groups in total. The van der Waals surface area contributed by atoms with E-state index in [2.05, 4.69) is 15.0 Å². The number of sulfonamides is 1. The van der Waals surface area contributed by atoms with Crippen molar-refractivity contribution in [2.24, 2.45) is 5.92 Å². The third-order valence-electron chi connectivity index (χ3n) is 4.22. The summed E-state index contributed by atoms with van der Waals surface area (Å²) in [5.41, 5.74) is 2.09. The fourth-order valence-electron chi connectivity index (χ4n) is 2.92. The van der Waals surface area contributed by atoms with Crippen molar-refractivity contribution in [2.45, 2.75) is 12.8 Å². The standard InChI is InChI=1S/C16H18N4O4S/c1-25(23,24)20-3-2-11(9-20)4-14-6-15(19-10-18-14)12-5-13(16(21)22)8-17-7-12/h5-8,10-11H,2-4,9H2,1H3,(H,21,22). The summed E-state index contributed by atoms with van der Waals surface area (Å²) in [4.78, 5) is 23.5. The zero-order valence-electron chi connectivity index (χ0n) is 13.7. The van der Waals surface area contributed by atoms with Crippen molar-refractivity contribution >= 4 is 16.0 Å². The molecule has 0 amide bonds. The van der Waals surface area contributed by atoms with E-state index in [4.69, 9.17) is 5.11 Å². The van der Waals surface area contributed by atoms with E-state index in [9.17, 15) is 13.2 Å². The molecule has 1 unspecified atom stereocenters. The van der Waals surface area contributed by atoms with Crippen LogP contribution in [0.3, 0.4) is 0 Å². The second kappa shape index (κ2) is 6.85. The van der Waals surface area contributed by atoms with Crippen molar-refractivity contribution in [3.8, 4) is 11.3 Å². The number of carboxylic acid groups (broad SMARTS) is 1. The predicted molar refractivity (Wildman–Crippen MR) is 90.5 cm³/mol. The van der Waals surface area contributed by atoms with E-state index in [1.807, 2.05) is 0 Å². The molecule has 0 saturated carbocycles. The zero-order chi connectivity index (χ0) is 18.0. The number of nitrogens with zero attached hydrogens (tertiary/aromatic N) is 4. The Bertz CT molecular complexity index is 901. The molecular formula is C16H18N4O4S. The summed E-state index contributed by atoms with van der Waals surface area (Å²) in [5.74, 6) is -0.837. The maximum atomic E-state index is 11.6. The highest BCUT2D eigenvalue weighted by Gasteiger charge is 2.28. The normalized spacial score (nSPS) is 18.4. The molecule has 3 heterocycles. The first-order valence-corrected chi connectivity index (χ1v) is 9.62. The molecule has 8 nitrogen and oxygen atoms in total. The van der Waals surface area contributed by atoms with Crippen LogP contribution in [-0.2, 0) is 16.4 Å². The molecule has 1 aliphatic rings. The molecule has 2 aromatic heterocycles. The molecule has 1 aliphatic heterocycles. The first-order chi connectivity index (χ1) is 11.8. The minimum absolute atomic E-state index is 0.0947. The van der Waals surface area contributed by atoms with E-state index < -0.39 is 16.0 Å². The molecule has 9 heteroatoms. The highest BCUT2D eigenvalue weighted by atomic mass is 32.2. The number of pyridine rings is 1. The minimum Gasteiger partial charge on any atom is -0.478 e. The number of rotatable bonds is 5. The molecule has 0 aromatic carbocycles. The van der Waals surface area contributed by atoms with Gasteiger partial charge in [-0.2, -0.15) is 0 Å². The lowest BCUT2D eigenvalue weighted by Crippen LogP contribution is -2.27. The van der Waals surface area contributed by atoms with Gasteiger partial charge in [0.25, 0.3) is 0 Å². The van der Waals surface area contributed by atoms with Crippen LogP contribution in [0.1, 0.15) is 22.5 Å². The van der Waals surface area contributed by atoms with Crippen LogP contribution in [0.15, 0.2) is 30.9 Å². The number of aromatic nitrogens is 3. The monoisotopic (exact) mass is 362 g/mol. The molecule has 0 aliphatic carbocycles. The van der Waals surface area contributed by atoms with Gasteiger partial charge in [-0.1, -0.05) is 0 Å². The fraction of sp³-hybridized carbons (Fsp3) is 0.375. The van der Waals surface area contributed by atoms with Gasteiger partial charge in [0.2, 0.25) is 10.0 Å². The van der Waals surface area contributed by atoms with Crippen molar-refractivity contribution in [2.75, 3.05) is 19.3 Å². The Balaban J connectivity index is 1.77. The van der Waals surface area contributed by atoms with Crippen molar-refractivity contribution < 1.29 is 18.3 Å². The maximum Gasteiger partial charge on any atom is 0.337 e. The number of hydrogen-bond donors (Lipinski definition) is 1. The smallest absolute Gasteiger partial charge is 0.337 e. The highest BCUT2D eigenvalue weighted by molar-refractivity contribution is 7.88. The Morgan fingerprint density at radius 1 is 1.32 bits per heavy atom. The van der Waals surface area contributed by atoms with E-state index in [0.29, 0.717) is 30.8 Å². The van der Waals surface area contributed by atoms with Crippen LogP contribution in [0.25, 0.3) is 11.3 Å². The van der Waals surface area contributed by atoms with E-state index in [-0.39, 0.29) is 11.5 Å². The Morgan fingerprint density at radius 2 is 2.12 bits per heavy atom. The van der Waals surface area contributed by atoms with Crippen LogP contribution in [0, 0.1) is 5.92 Å². The van der Waals surface area contributed by atoms with Gasteiger partial charge in [0.05, 0.1) is 17.5 Å². The van der Waals surface area contributed by atoms with Gasteiger partial charge in [0.15, 0.2) is 0 Å². The topological polar surface area (TPSA) is 113 Å². The molecule has 0 radical (unpaired) electrons. The van der Waals surface area contributed by atoms with Crippen LogP contribution >= 0.6 is 0 Å². The second-order valence-corrected chi connectivity index (χ2v) is 8.12. The van der Waals surface area contributed by atoms with Crippen molar-refractivity contribution in [1.82, 2.24) is 19.3 Å². The lowest BCUT2D eigenvalue weighted by molar-refractivity contribution is 0.0696. The Morgan fingerprint density at radius 3 is 2.80 bits per heavy atom. The Kier molecular flexibility index (Phi) is 4.78. The molecule has 2 aromatic rings. The minimum atomic E-state index is -3.16. The molecule has 0 spiro atoms. The largest absolute Gasteiger partial charge is 0.478 e. The lowest BCUT2D eigenvalue weighted by Gasteiger charge is -2.13. The van der Waals surface area contributed by atoms with Gasteiger partial charge in [-0.05, 0) is 30.9 Å². The third-order valence-corrected chi connectivity index (χ3v) is 5.49. The number of aromatic carboxylic acids is 1. The van der Waals surface area contributed by atoms with Crippen LogP contribution in [0.5, 0.6) is 0 Å². The van der Waals surface area contributed by atoms with Gasteiger partial charge >= 0.3 is 5.97 Å². The summed E-state index contributed by atoms with van der Waals surface area (Å²) in [6, 6.07) is 3.31. The van der Waals surface area contributed by atoms with Crippen LogP contribution in [-0.4, -0.2) is 58.1 Å². The van der Waals surface area contributed by atoms with Crippen LogP contribution in [0.4, 0.5) is 0 Å². The van der Waals surface area contributed by atoms with E-state index in [0.717, 1.165) is 12.1 Å². The van der Waals surface area contributed by atoms with Gasteiger partial charge in [-0.25, -0.2) is 27.5 Å². The predicted octanol–water partition coefficient (Wildman–Crippen LogP) is 1.06. The molecule has 3 rings (SSSR count). The number of hydrogen-bond acceptors (Lipinski definition) is 6. The molecule has 1 saturated heterocycles. The van der Waals surface area contributed by atoms with Gasteiger partial charge < -0.3 is 5.11 Å². The molecule has 0 bridgehead atoms. The molecule has 25 heavy (non-hydrogen) atoms. The van der Waals surface area contributed by atoms with Crippen molar-refractivity contribution in [3.05, 3.63) is 42.1 Å². The van der Waals surface area contributed by atoms with Crippen molar-refractivity contribution in [3.63, 3.8) is 0 Å².